The van der Waals surface area contributed by atoms with Crippen LogP contribution in [0.15, 0.2) is 12.1 Å². The van der Waals surface area contributed by atoms with Crippen molar-refractivity contribution in [2.45, 2.75) is 45.4 Å². The number of phenolic OH excluding ortho intramolecular Hbond substituents is 2. The zero-order valence-electron chi connectivity index (χ0n) is 10.6. The van der Waals surface area contributed by atoms with Crippen LogP contribution in [-0.4, -0.2) is 16.8 Å². The van der Waals surface area contributed by atoms with Gasteiger partial charge in [0.1, 0.15) is 11.5 Å². The third-order valence-electron chi connectivity index (χ3n) is 2.99. The van der Waals surface area contributed by atoms with E-state index in [0.29, 0.717) is 13.0 Å². The van der Waals surface area contributed by atoms with Gasteiger partial charge in [-0.15, -0.1) is 0 Å². The van der Waals surface area contributed by atoms with Crippen LogP contribution in [0.25, 0.3) is 0 Å². The summed E-state index contributed by atoms with van der Waals surface area (Å²) >= 11 is 0. The molecule has 4 N–H and O–H groups in total. The highest BCUT2D eigenvalue weighted by atomic mass is 16.3. The fourth-order valence-corrected chi connectivity index (χ4v) is 1.97. The van der Waals surface area contributed by atoms with Crippen molar-refractivity contribution in [3.05, 3.63) is 23.3 Å². The molecular formula is C14H23NO2. The Hall–Kier alpha value is -1.22. The fraction of sp³-hybridized carbons (Fsp3) is 0.571. The van der Waals surface area contributed by atoms with Crippen molar-refractivity contribution in [2.24, 2.45) is 5.73 Å². The van der Waals surface area contributed by atoms with Crippen LogP contribution < -0.4 is 5.73 Å². The average Bonchev–Trinajstić information content (AvgIpc) is 2.30. The Balaban J connectivity index is 2.66. The molecule has 0 amide bonds. The maximum Gasteiger partial charge on any atom is 0.122 e. The largest absolute Gasteiger partial charge is 0.508 e. The molecule has 17 heavy (non-hydrogen) atoms. The van der Waals surface area contributed by atoms with Crippen LogP contribution in [0.3, 0.4) is 0 Å². The molecule has 0 spiro atoms. The van der Waals surface area contributed by atoms with E-state index in [-0.39, 0.29) is 11.5 Å². The highest BCUT2D eigenvalue weighted by molar-refractivity contribution is 5.45. The number of hydrogen-bond donors (Lipinski definition) is 3. The Morgan fingerprint density at radius 3 is 2.18 bits per heavy atom. The van der Waals surface area contributed by atoms with Crippen molar-refractivity contribution in [3.8, 4) is 11.5 Å². The quantitative estimate of drug-likeness (QED) is 0.639. The minimum absolute atomic E-state index is 0.144. The van der Waals surface area contributed by atoms with E-state index in [2.05, 4.69) is 6.92 Å². The lowest BCUT2D eigenvalue weighted by Crippen LogP contribution is -2.03. The van der Waals surface area contributed by atoms with E-state index >= 15 is 0 Å². The monoisotopic (exact) mass is 237 g/mol. The molecule has 0 aliphatic carbocycles. The molecule has 1 aromatic carbocycles. The second-order valence-electron chi connectivity index (χ2n) is 4.46. The number of aromatic hydroxyl groups is 2. The standard InChI is InChI=1S/C14H23NO2/c1-2-3-4-5-6-11-9-12(7-8-15)14(17)10-13(11)16/h9-10,16-17H,2-8,15H2,1H3. The van der Waals surface area contributed by atoms with Gasteiger partial charge in [-0.1, -0.05) is 26.2 Å². The molecule has 0 heterocycles. The summed E-state index contributed by atoms with van der Waals surface area (Å²) in [5.74, 6) is 0.338. The zero-order valence-corrected chi connectivity index (χ0v) is 10.6. The molecule has 0 aliphatic heterocycles. The number of benzene rings is 1. The molecule has 3 nitrogen and oxygen atoms in total. The van der Waals surface area contributed by atoms with Gasteiger partial charge < -0.3 is 15.9 Å². The van der Waals surface area contributed by atoms with Crippen molar-refractivity contribution in [1.82, 2.24) is 0 Å². The Morgan fingerprint density at radius 2 is 1.59 bits per heavy atom. The molecule has 0 unspecified atom stereocenters. The first-order chi connectivity index (χ1) is 8.19. The SMILES string of the molecule is CCCCCCc1cc(CCN)c(O)cc1O. The van der Waals surface area contributed by atoms with Crippen molar-refractivity contribution >= 4 is 0 Å². The first kappa shape index (κ1) is 13.8. The van der Waals surface area contributed by atoms with Crippen molar-refractivity contribution in [2.75, 3.05) is 6.54 Å². The topological polar surface area (TPSA) is 66.5 Å². The molecule has 0 aliphatic rings. The molecule has 0 aromatic heterocycles. The number of rotatable bonds is 7. The molecule has 1 rings (SSSR count). The van der Waals surface area contributed by atoms with Gasteiger partial charge in [0.2, 0.25) is 0 Å². The van der Waals surface area contributed by atoms with Crippen LogP contribution in [0.5, 0.6) is 11.5 Å². The molecule has 3 heteroatoms. The van der Waals surface area contributed by atoms with Crippen LogP contribution in [0.2, 0.25) is 0 Å². The lowest BCUT2D eigenvalue weighted by molar-refractivity contribution is 0.440. The minimum atomic E-state index is 0.144. The van der Waals surface area contributed by atoms with Crippen LogP contribution >= 0.6 is 0 Å². The molecule has 96 valence electrons. The second kappa shape index (κ2) is 7.17. The first-order valence-electron chi connectivity index (χ1n) is 6.42. The molecule has 0 saturated heterocycles. The van der Waals surface area contributed by atoms with Gasteiger partial charge in [-0.05, 0) is 43.0 Å². The number of nitrogens with two attached hydrogens (primary N) is 1. The molecule has 0 fully saturated rings. The maximum absolute atomic E-state index is 9.75. The normalized spacial score (nSPS) is 10.7. The summed E-state index contributed by atoms with van der Waals surface area (Å²) in [6.45, 7) is 2.69. The van der Waals surface area contributed by atoms with Gasteiger partial charge in [0.15, 0.2) is 0 Å². The second-order valence-corrected chi connectivity index (χ2v) is 4.46. The third kappa shape index (κ3) is 4.27. The first-order valence-corrected chi connectivity index (χ1v) is 6.42. The molecule has 0 saturated carbocycles. The van der Waals surface area contributed by atoms with E-state index in [9.17, 15) is 10.2 Å². The Morgan fingerprint density at radius 1 is 0.941 bits per heavy atom. The molecular weight excluding hydrogens is 214 g/mol. The van der Waals surface area contributed by atoms with E-state index in [1.54, 1.807) is 0 Å². The highest BCUT2D eigenvalue weighted by Crippen LogP contribution is 2.28. The smallest absolute Gasteiger partial charge is 0.122 e. The van der Waals surface area contributed by atoms with E-state index in [1.807, 2.05) is 6.07 Å². The molecule has 1 aromatic rings. The van der Waals surface area contributed by atoms with Crippen LogP contribution in [0.4, 0.5) is 0 Å². The summed E-state index contributed by atoms with van der Waals surface area (Å²) < 4.78 is 0. The highest BCUT2D eigenvalue weighted by Gasteiger charge is 2.07. The van der Waals surface area contributed by atoms with Crippen molar-refractivity contribution in [3.63, 3.8) is 0 Å². The Bertz CT molecular complexity index is 350. The van der Waals surface area contributed by atoms with Gasteiger partial charge in [-0.2, -0.15) is 0 Å². The summed E-state index contributed by atoms with van der Waals surface area (Å²) in [6, 6.07) is 3.31. The summed E-state index contributed by atoms with van der Waals surface area (Å²) in [4.78, 5) is 0. The molecule has 0 radical (unpaired) electrons. The fourth-order valence-electron chi connectivity index (χ4n) is 1.97. The van der Waals surface area contributed by atoms with E-state index in [4.69, 9.17) is 5.73 Å². The van der Waals surface area contributed by atoms with E-state index in [0.717, 1.165) is 24.0 Å². The van der Waals surface area contributed by atoms with Crippen molar-refractivity contribution in [1.29, 1.82) is 0 Å². The summed E-state index contributed by atoms with van der Waals surface area (Å²) in [6.07, 6.45) is 6.21. The summed E-state index contributed by atoms with van der Waals surface area (Å²) in [5, 5.41) is 19.4. The van der Waals surface area contributed by atoms with Gasteiger partial charge in [0.25, 0.3) is 0 Å². The van der Waals surface area contributed by atoms with E-state index in [1.165, 1.54) is 25.3 Å². The number of unbranched alkanes of at least 4 members (excludes halogenated alkanes) is 3. The maximum atomic E-state index is 9.75. The van der Waals surface area contributed by atoms with Crippen LogP contribution in [-0.2, 0) is 12.8 Å². The number of hydrogen-bond acceptors (Lipinski definition) is 3. The average molecular weight is 237 g/mol. The summed E-state index contributed by atoms with van der Waals surface area (Å²) in [5.41, 5.74) is 7.23. The molecule has 0 bridgehead atoms. The van der Waals surface area contributed by atoms with Gasteiger partial charge in [-0.25, -0.2) is 0 Å². The zero-order chi connectivity index (χ0) is 12.7. The predicted molar refractivity (Wildman–Crippen MR) is 70.4 cm³/mol. The van der Waals surface area contributed by atoms with Gasteiger partial charge in [-0.3, -0.25) is 0 Å². The Labute approximate surface area is 103 Å². The summed E-state index contributed by atoms with van der Waals surface area (Å²) in [7, 11) is 0. The predicted octanol–water partition coefficient (Wildman–Crippen LogP) is 2.72. The van der Waals surface area contributed by atoms with Gasteiger partial charge in [0.05, 0.1) is 0 Å². The molecule has 0 atom stereocenters. The number of phenols is 2. The minimum Gasteiger partial charge on any atom is -0.508 e. The van der Waals surface area contributed by atoms with Gasteiger partial charge >= 0.3 is 0 Å². The lowest BCUT2D eigenvalue weighted by atomic mass is 10.0. The van der Waals surface area contributed by atoms with Crippen LogP contribution in [0, 0.1) is 0 Å². The lowest BCUT2D eigenvalue weighted by Gasteiger charge is -2.09. The van der Waals surface area contributed by atoms with Crippen molar-refractivity contribution < 1.29 is 10.2 Å². The third-order valence-corrected chi connectivity index (χ3v) is 2.99. The Kier molecular flexibility index (Phi) is 5.84. The van der Waals surface area contributed by atoms with E-state index < -0.39 is 0 Å². The van der Waals surface area contributed by atoms with Gasteiger partial charge in [0, 0.05) is 6.07 Å². The number of aryl methyl sites for hydroxylation is 1. The van der Waals surface area contributed by atoms with Crippen LogP contribution in [0.1, 0.15) is 43.7 Å².